The molecular formula is C28H30N6O2. The van der Waals surface area contributed by atoms with Crippen molar-refractivity contribution in [1.29, 1.82) is 0 Å². The van der Waals surface area contributed by atoms with Gasteiger partial charge in [0.1, 0.15) is 0 Å². The number of nitrogens with one attached hydrogen (secondary N) is 4. The van der Waals surface area contributed by atoms with E-state index in [9.17, 15) is 9.59 Å². The molecule has 5 rings (SSSR count). The third-order valence-electron chi connectivity index (χ3n) is 6.81. The Morgan fingerprint density at radius 1 is 0.972 bits per heavy atom. The van der Waals surface area contributed by atoms with Gasteiger partial charge in [0.25, 0.3) is 0 Å². The Balaban J connectivity index is 1.42. The van der Waals surface area contributed by atoms with Crippen molar-refractivity contribution >= 4 is 34.2 Å². The van der Waals surface area contributed by atoms with Crippen molar-refractivity contribution in [2.45, 2.75) is 25.4 Å². The van der Waals surface area contributed by atoms with E-state index in [1.165, 1.54) is 0 Å². The van der Waals surface area contributed by atoms with Crippen LogP contribution in [0, 0.1) is 5.92 Å². The zero-order valence-electron chi connectivity index (χ0n) is 20.8. The van der Waals surface area contributed by atoms with Crippen molar-refractivity contribution in [1.82, 2.24) is 20.8 Å². The molecule has 3 aromatic carbocycles. The molecule has 8 heteroatoms. The summed E-state index contributed by atoms with van der Waals surface area (Å²) < 4.78 is 0. The number of anilines is 2. The van der Waals surface area contributed by atoms with Crippen molar-refractivity contribution in [2.24, 2.45) is 5.92 Å². The van der Waals surface area contributed by atoms with E-state index in [0.717, 1.165) is 33.3 Å². The summed E-state index contributed by atoms with van der Waals surface area (Å²) in [6.45, 7) is 3.76. The Hall–Kier alpha value is -4.33. The first-order valence-corrected chi connectivity index (χ1v) is 11.9. The molecule has 0 saturated carbocycles. The molecule has 3 amide bonds. The standard InChI is InChI=1S/C28H30N6O2/c1-28(2)24(26(35)30-21-11-14-23-20(15-21)16-29-33-23)25(31-27(36)32-28)19-7-5-17(6-8-19)18-9-12-22(13-10-18)34(3)4/h5-16,24-25H,1-4H3,(H,29,33)(H,30,35)(H2,31,32,36). The third-order valence-corrected chi connectivity index (χ3v) is 6.81. The molecule has 0 spiro atoms. The molecule has 1 aromatic heterocycles. The van der Waals surface area contributed by atoms with Gasteiger partial charge in [-0.25, -0.2) is 4.79 Å². The number of H-pyrrole nitrogens is 1. The molecule has 8 nitrogen and oxygen atoms in total. The topological polar surface area (TPSA) is 102 Å². The van der Waals surface area contributed by atoms with Crippen molar-refractivity contribution in [3.8, 4) is 11.1 Å². The Morgan fingerprint density at radius 2 is 1.64 bits per heavy atom. The summed E-state index contributed by atoms with van der Waals surface area (Å²) in [5, 5.41) is 16.8. The zero-order valence-corrected chi connectivity index (χ0v) is 20.8. The van der Waals surface area contributed by atoms with E-state index in [2.05, 4.69) is 55.3 Å². The summed E-state index contributed by atoms with van der Waals surface area (Å²) in [5.74, 6) is -0.732. The number of aromatic amines is 1. The van der Waals surface area contributed by atoms with Crippen molar-refractivity contribution in [3.05, 3.63) is 78.5 Å². The number of amides is 3. The fraction of sp³-hybridized carbons (Fsp3) is 0.250. The molecule has 2 heterocycles. The maximum Gasteiger partial charge on any atom is 0.315 e. The van der Waals surface area contributed by atoms with Crippen LogP contribution >= 0.6 is 0 Å². The highest BCUT2D eigenvalue weighted by Gasteiger charge is 2.47. The van der Waals surface area contributed by atoms with Gasteiger partial charge in [0.2, 0.25) is 5.91 Å². The molecule has 36 heavy (non-hydrogen) atoms. The molecule has 0 aliphatic carbocycles. The van der Waals surface area contributed by atoms with Gasteiger partial charge < -0.3 is 20.9 Å². The number of carbonyl (C=O) groups excluding carboxylic acids is 2. The van der Waals surface area contributed by atoms with Crippen LogP contribution in [0.1, 0.15) is 25.5 Å². The molecule has 1 aliphatic rings. The van der Waals surface area contributed by atoms with Gasteiger partial charge in [-0.3, -0.25) is 9.89 Å². The maximum absolute atomic E-state index is 13.6. The van der Waals surface area contributed by atoms with Gasteiger partial charge in [-0.15, -0.1) is 0 Å². The van der Waals surface area contributed by atoms with Crippen LogP contribution in [-0.4, -0.2) is 41.8 Å². The van der Waals surface area contributed by atoms with Crippen LogP contribution in [0.4, 0.5) is 16.2 Å². The van der Waals surface area contributed by atoms with Gasteiger partial charge in [0, 0.05) is 30.9 Å². The van der Waals surface area contributed by atoms with E-state index < -0.39 is 17.5 Å². The van der Waals surface area contributed by atoms with Crippen LogP contribution < -0.4 is 20.9 Å². The SMILES string of the molecule is CN(C)c1ccc(-c2ccc(C3NC(=O)NC(C)(C)C3C(=O)Nc3ccc4[nH]ncc4c3)cc2)cc1. The van der Waals surface area contributed by atoms with Crippen LogP contribution in [0.15, 0.2) is 72.9 Å². The molecule has 4 N–H and O–H groups in total. The van der Waals surface area contributed by atoms with E-state index >= 15 is 0 Å². The summed E-state index contributed by atoms with van der Waals surface area (Å²) in [7, 11) is 4.03. The molecule has 2 unspecified atom stereocenters. The smallest absolute Gasteiger partial charge is 0.315 e. The molecular weight excluding hydrogens is 452 g/mol. The highest BCUT2D eigenvalue weighted by molar-refractivity contribution is 5.97. The first-order chi connectivity index (χ1) is 17.2. The summed E-state index contributed by atoms with van der Waals surface area (Å²) in [5.41, 5.74) is 4.99. The van der Waals surface area contributed by atoms with Gasteiger partial charge >= 0.3 is 6.03 Å². The Bertz CT molecular complexity index is 1410. The van der Waals surface area contributed by atoms with Gasteiger partial charge in [-0.05, 0) is 60.9 Å². The second-order valence-corrected chi connectivity index (χ2v) is 10.0. The summed E-state index contributed by atoms with van der Waals surface area (Å²) in [6, 6.07) is 21.2. The lowest BCUT2D eigenvalue weighted by Gasteiger charge is -2.44. The van der Waals surface area contributed by atoms with E-state index in [1.54, 1.807) is 6.20 Å². The monoisotopic (exact) mass is 482 g/mol. The first kappa shape index (κ1) is 23.4. The minimum atomic E-state index is -0.766. The first-order valence-electron chi connectivity index (χ1n) is 11.9. The summed E-state index contributed by atoms with van der Waals surface area (Å²) in [6.07, 6.45) is 1.72. The second kappa shape index (κ2) is 9.03. The Labute approximate surface area is 210 Å². The van der Waals surface area contributed by atoms with Crippen LogP contribution in [0.3, 0.4) is 0 Å². The van der Waals surface area contributed by atoms with Crippen LogP contribution in [0.2, 0.25) is 0 Å². The quantitative estimate of drug-likeness (QED) is 0.332. The number of fused-ring (bicyclic) bond motifs is 1. The minimum Gasteiger partial charge on any atom is -0.378 e. The highest BCUT2D eigenvalue weighted by Crippen LogP contribution is 2.36. The molecule has 4 aromatic rings. The lowest BCUT2D eigenvalue weighted by Crippen LogP contribution is -2.64. The fourth-order valence-corrected chi connectivity index (χ4v) is 4.88. The molecule has 1 fully saturated rings. The van der Waals surface area contributed by atoms with Crippen molar-refractivity contribution in [2.75, 3.05) is 24.3 Å². The lowest BCUT2D eigenvalue weighted by molar-refractivity contribution is -0.123. The second-order valence-electron chi connectivity index (χ2n) is 10.0. The van der Waals surface area contributed by atoms with Crippen molar-refractivity contribution < 1.29 is 9.59 Å². The molecule has 2 atom stereocenters. The van der Waals surface area contributed by atoms with E-state index in [1.807, 2.05) is 70.4 Å². The van der Waals surface area contributed by atoms with E-state index in [-0.39, 0.29) is 11.9 Å². The minimum absolute atomic E-state index is 0.177. The van der Waals surface area contributed by atoms with Gasteiger partial charge in [-0.2, -0.15) is 5.10 Å². The van der Waals surface area contributed by atoms with E-state index in [0.29, 0.717) is 5.69 Å². The fourth-order valence-electron chi connectivity index (χ4n) is 4.88. The average molecular weight is 483 g/mol. The van der Waals surface area contributed by atoms with Crippen molar-refractivity contribution in [3.63, 3.8) is 0 Å². The zero-order chi connectivity index (χ0) is 25.4. The lowest BCUT2D eigenvalue weighted by atomic mass is 9.76. The Morgan fingerprint density at radius 3 is 2.31 bits per heavy atom. The average Bonchev–Trinajstić information content (AvgIpc) is 3.31. The Kier molecular flexibility index (Phi) is 5.88. The van der Waals surface area contributed by atoms with Gasteiger partial charge in [0.15, 0.2) is 0 Å². The highest BCUT2D eigenvalue weighted by atomic mass is 16.2. The number of nitrogens with zero attached hydrogens (tertiary/aromatic N) is 2. The maximum atomic E-state index is 13.6. The number of rotatable bonds is 5. The van der Waals surface area contributed by atoms with Gasteiger partial charge in [-0.1, -0.05) is 36.4 Å². The summed E-state index contributed by atoms with van der Waals surface area (Å²) >= 11 is 0. The molecule has 0 radical (unpaired) electrons. The number of hydrogen-bond acceptors (Lipinski definition) is 4. The predicted octanol–water partition coefficient (Wildman–Crippen LogP) is 4.68. The predicted molar refractivity (Wildman–Crippen MR) is 143 cm³/mol. The van der Waals surface area contributed by atoms with Gasteiger partial charge in [0.05, 0.1) is 29.2 Å². The summed E-state index contributed by atoms with van der Waals surface area (Å²) in [4.78, 5) is 28.2. The number of hydrogen-bond donors (Lipinski definition) is 4. The molecule has 1 aliphatic heterocycles. The van der Waals surface area contributed by atoms with Crippen LogP contribution in [0.5, 0.6) is 0 Å². The number of aromatic nitrogens is 2. The van der Waals surface area contributed by atoms with Crippen LogP contribution in [-0.2, 0) is 4.79 Å². The number of urea groups is 1. The molecule has 1 saturated heterocycles. The molecule has 184 valence electrons. The largest absolute Gasteiger partial charge is 0.378 e. The number of carbonyl (C=O) groups is 2. The third kappa shape index (κ3) is 4.49. The normalized spacial score (nSPS) is 18.8. The number of benzene rings is 3. The van der Waals surface area contributed by atoms with E-state index in [4.69, 9.17) is 0 Å². The molecule has 0 bridgehead atoms. The van der Waals surface area contributed by atoms with Crippen LogP contribution in [0.25, 0.3) is 22.0 Å².